The van der Waals surface area contributed by atoms with Gasteiger partial charge in [-0.05, 0) is 38.5 Å². The molecule has 106 valence electrons. The minimum Gasteiger partial charge on any atom is -0.392 e. The number of amides is 1. The highest BCUT2D eigenvalue weighted by atomic mass is 16.3. The van der Waals surface area contributed by atoms with E-state index in [1.54, 1.807) is 0 Å². The molecule has 0 aliphatic carbocycles. The van der Waals surface area contributed by atoms with E-state index in [0.717, 1.165) is 32.4 Å². The van der Waals surface area contributed by atoms with Crippen LogP contribution in [0.3, 0.4) is 0 Å². The molecule has 0 radical (unpaired) electrons. The first kappa shape index (κ1) is 15.4. The van der Waals surface area contributed by atoms with Gasteiger partial charge in [0.25, 0.3) is 0 Å². The molecule has 0 spiro atoms. The van der Waals surface area contributed by atoms with Gasteiger partial charge in [0.1, 0.15) is 0 Å². The highest BCUT2D eigenvalue weighted by Crippen LogP contribution is 2.10. The van der Waals surface area contributed by atoms with Crippen LogP contribution >= 0.6 is 0 Å². The van der Waals surface area contributed by atoms with E-state index in [2.05, 4.69) is 19.2 Å². The number of nitrogens with zero attached hydrogens (tertiary/aromatic N) is 1. The van der Waals surface area contributed by atoms with Gasteiger partial charge in [-0.2, -0.15) is 0 Å². The summed E-state index contributed by atoms with van der Waals surface area (Å²) in [6, 6.07) is -0.190. The fourth-order valence-electron chi connectivity index (χ4n) is 2.42. The molecule has 2 atom stereocenters. The van der Waals surface area contributed by atoms with Crippen molar-refractivity contribution in [2.24, 2.45) is 5.92 Å². The van der Waals surface area contributed by atoms with Gasteiger partial charge < -0.3 is 15.3 Å². The van der Waals surface area contributed by atoms with Crippen molar-refractivity contribution in [1.82, 2.24) is 10.2 Å². The molecule has 1 rings (SSSR count). The maximum absolute atomic E-state index is 12.1. The van der Waals surface area contributed by atoms with E-state index in [1.165, 1.54) is 6.42 Å². The summed E-state index contributed by atoms with van der Waals surface area (Å²) in [5.74, 6) is 0.654. The van der Waals surface area contributed by atoms with Crippen LogP contribution in [-0.2, 0) is 4.79 Å². The molecule has 1 amide bonds. The number of aliphatic hydroxyl groups excluding tert-OH is 1. The Balaban J connectivity index is 2.26. The van der Waals surface area contributed by atoms with Gasteiger partial charge in [-0.3, -0.25) is 4.79 Å². The lowest BCUT2D eigenvalue weighted by atomic mass is 10.1. The van der Waals surface area contributed by atoms with Gasteiger partial charge in [-0.25, -0.2) is 0 Å². The molecule has 1 aliphatic heterocycles. The molecule has 1 fully saturated rings. The average molecular weight is 256 g/mol. The molecule has 0 aromatic heterocycles. The van der Waals surface area contributed by atoms with Gasteiger partial charge in [-0.1, -0.05) is 13.8 Å². The summed E-state index contributed by atoms with van der Waals surface area (Å²) in [7, 11) is 0. The minimum atomic E-state index is -0.360. The zero-order valence-electron chi connectivity index (χ0n) is 12.0. The van der Waals surface area contributed by atoms with Crippen LogP contribution in [0.4, 0.5) is 0 Å². The van der Waals surface area contributed by atoms with Crippen LogP contribution < -0.4 is 5.32 Å². The van der Waals surface area contributed by atoms with Gasteiger partial charge in [-0.15, -0.1) is 0 Å². The molecule has 1 aliphatic rings. The summed E-state index contributed by atoms with van der Waals surface area (Å²) in [5, 5.41) is 12.9. The largest absolute Gasteiger partial charge is 0.392 e. The second kappa shape index (κ2) is 7.74. The van der Waals surface area contributed by atoms with Crippen molar-refractivity contribution in [3.05, 3.63) is 0 Å². The van der Waals surface area contributed by atoms with E-state index < -0.39 is 0 Å². The van der Waals surface area contributed by atoms with Crippen molar-refractivity contribution in [2.75, 3.05) is 19.6 Å². The molecule has 1 saturated heterocycles. The fraction of sp³-hybridized carbons (Fsp3) is 0.929. The molecule has 2 unspecified atom stereocenters. The topological polar surface area (TPSA) is 52.6 Å². The summed E-state index contributed by atoms with van der Waals surface area (Å²) in [5.41, 5.74) is 0. The normalized spacial score (nSPS) is 19.9. The SMILES string of the molecule is CC(C)CC(O)CNC(C)C(=O)N1CCCCC1. The molecule has 0 bridgehead atoms. The predicted octanol–water partition coefficient (Wildman–Crippen LogP) is 1.38. The van der Waals surface area contributed by atoms with E-state index in [1.807, 2.05) is 11.8 Å². The number of carbonyl (C=O) groups excluding carboxylic acids is 1. The van der Waals surface area contributed by atoms with E-state index >= 15 is 0 Å². The Hall–Kier alpha value is -0.610. The summed E-state index contributed by atoms with van der Waals surface area (Å²) in [4.78, 5) is 14.1. The zero-order valence-corrected chi connectivity index (χ0v) is 12.0. The van der Waals surface area contributed by atoms with Gasteiger partial charge >= 0.3 is 0 Å². The van der Waals surface area contributed by atoms with Crippen LogP contribution in [0.2, 0.25) is 0 Å². The summed E-state index contributed by atoms with van der Waals surface area (Å²) >= 11 is 0. The molecule has 0 aromatic carbocycles. The summed E-state index contributed by atoms with van der Waals surface area (Å²) in [6.45, 7) is 8.34. The minimum absolute atomic E-state index is 0.173. The van der Waals surface area contributed by atoms with Crippen molar-refractivity contribution in [3.8, 4) is 0 Å². The van der Waals surface area contributed by atoms with Gasteiger partial charge in [0, 0.05) is 19.6 Å². The molecule has 2 N–H and O–H groups in total. The summed E-state index contributed by atoms with van der Waals surface area (Å²) in [6.07, 6.45) is 3.89. The molecule has 18 heavy (non-hydrogen) atoms. The number of likely N-dealkylation sites (tertiary alicyclic amines) is 1. The number of nitrogens with one attached hydrogen (secondary N) is 1. The third-order valence-corrected chi connectivity index (χ3v) is 3.44. The Bertz CT molecular complexity index is 250. The molecule has 0 saturated carbocycles. The third-order valence-electron chi connectivity index (χ3n) is 3.44. The number of aliphatic hydroxyl groups is 1. The Morgan fingerprint density at radius 3 is 2.39 bits per heavy atom. The van der Waals surface area contributed by atoms with Gasteiger partial charge in [0.05, 0.1) is 12.1 Å². The van der Waals surface area contributed by atoms with E-state index in [0.29, 0.717) is 12.5 Å². The van der Waals surface area contributed by atoms with Crippen LogP contribution in [0.15, 0.2) is 0 Å². The van der Waals surface area contributed by atoms with E-state index in [-0.39, 0.29) is 18.1 Å². The van der Waals surface area contributed by atoms with Crippen LogP contribution in [0, 0.1) is 5.92 Å². The van der Waals surface area contributed by atoms with Crippen LogP contribution in [-0.4, -0.2) is 47.7 Å². The highest BCUT2D eigenvalue weighted by molar-refractivity contribution is 5.81. The van der Waals surface area contributed by atoms with Crippen molar-refractivity contribution in [3.63, 3.8) is 0 Å². The second-order valence-corrected chi connectivity index (χ2v) is 5.80. The monoisotopic (exact) mass is 256 g/mol. The Morgan fingerprint density at radius 2 is 1.83 bits per heavy atom. The highest BCUT2D eigenvalue weighted by Gasteiger charge is 2.22. The second-order valence-electron chi connectivity index (χ2n) is 5.80. The standard InChI is InChI=1S/C14H28N2O2/c1-11(2)9-13(17)10-15-12(3)14(18)16-7-5-4-6-8-16/h11-13,15,17H,4-10H2,1-3H3. The lowest BCUT2D eigenvalue weighted by Crippen LogP contribution is -2.48. The quantitative estimate of drug-likeness (QED) is 0.755. The number of hydrogen-bond acceptors (Lipinski definition) is 3. The summed E-state index contributed by atoms with van der Waals surface area (Å²) < 4.78 is 0. The first-order valence-electron chi connectivity index (χ1n) is 7.21. The van der Waals surface area contributed by atoms with Gasteiger partial charge in [0.2, 0.25) is 5.91 Å². The van der Waals surface area contributed by atoms with Crippen molar-refractivity contribution in [1.29, 1.82) is 0 Å². The average Bonchev–Trinajstić information content (AvgIpc) is 2.35. The van der Waals surface area contributed by atoms with E-state index in [4.69, 9.17) is 0 Å². The first-order valence-corrected chi connectivity index (χ1v) is 7.21. The lowest BCUT2D eigenvalue weighted by Gasteiger charge is -2.30. The van der Waals surface area contributed by atoms with Crippen molar-refractivity contribution in [2.45, 2.75) is 58.6 Å². The maximum atomic E-state index is 12.1. The zero-order chi connectivity index (χ0) is 13.5. The Labute approximate surface area is 111 Å². The van der Waals surface area contributed by atoms with Crippen LogP contribution in [0.25, 0.3) is 0 Å². The number of piperidine rings is 1. The number of carbonyl (C=O) groups is 1. The maximum Gasteiger partial charge on any atom is 0.239 e. The van der Waals surface area contributed by atoms with Gasteiger partial charge in [0.15, 0.2) is 0 Å². The molecular formula is C14H28N2O2. The smallest absolute Gasteiger partial charge is 0.239 e. The molecule has 1 heterocycles. The third kappa shape index (κ3) is 5.36. The molecule has 4 nitrogen and oxygen atoms in total. The fourth-order valence-corrected chi connectivity index (χ4v) is 2.42. The predicted molar refractivity (Wildman–Crippen MR) is 73.4 cm³/mol. The number of hydrogen-bond donors (Lipinski definition) is 2. The number of rotatable bonds is 6. The van der Waals surface area contributed by atoms with Crippen molar-refractivity contribution >= 4 is 5.91 Å². The Kier molecular flexibility index (Phi) is 6.65. The Morgan fingerprint density at radius 1 is 1.22 bits per heavy atom. The lowest BCUT2D eigenvalue weighted by molar-refractivity contribution is -0.134. The molecule has 4 heteroatoms. The van der Waals surface area contributed by atoms with Crippen molar-refractivity contribution < 1.29 is 9.90 Å². The van der Waals surface area contributed by atoms with E-state index in [9.17, 15) is 9.90 Å². The first-order chi connectivity index (χ1) is 8.50. The molecule has 0 aromatic rings. The van der Waals surface area contributed by atoms with Crippen LogP contribution in [0.5, 0.6) is 0 Å². The molecular weight excluding hydrogens is 228 g/mol. The van der Waals surface area contributed by atoms with Crippen LogP contribution in [0.1, 0.15) is 46.5 Å².